The number of hydrogen-bond acceptors (Lipinski definition) is 2. The molecule has 0 spiro atoms. The molecule has 74 valence electrons. The zero-order valence-electron chi connectivity index (χ0n) is 7.75. The van der Waals surface area contributed by atoms with E-state index in [1.807, 2.05) is 0 Å². The van der Waals surface area contributed by atoms with Crippen molar-refractivity contribution < 1.29 is 9.59 Å². The maximum absolute atomic E-state index is 10.9. The lowest BCUT2D eigenvalue weighted by Crippen LogP contribution is -2.46. The van der Waals surface area contributed by atoms with Gasteiger partial charge in [0.25, 0.3) is 0 Å². The van der Waals surface area contributed by atoms with Crippen molar-refractivity contribution in [2.45, 2.75) is 18.9 Å². The Balaban J connectivity index is 2.24. The number of carbonyl (C=O) groups is 2. The standard InChI is InChI=1S/C8H15N3O2/c1-9-8(13)10-7-2-4-11(6-12)5-3-7/h6-7H,2-5H2,1H3,(H2,9,10,13). The SMILES string of the molecule is CNC(=O)NC1CCN(C=O)CC1. The van der Waals surface area contributed by atoms with Gasteiger partial charge in [-0.05, 0) is 12.8 Å². The second-order valence-electron chi connectivity index (χ2n) is 3.14. The summed E-state index contributed by atoms with van der Waals surface area (Å²) in [7, 11) is 1.59. The molecular formula is C8H15N3O2. The van der Waals surface area contributed by atoms with Crippen LogP contribution < -0.4 is 10.6 Å². The fourth-order valence-electron chi connectivity index (χ4n) is 1.41. The molecule has 1 saturated heterocycles. The first-order valence-corrected chi connectivity index (χ1v) is 4.44. The first kappa shape index (κ1) is 9.83. The van der Waals surface area contributed by atoms with E-state index >= 15 is 0 Å². The van der Waals surface area contributed by atoms with Gasteiger partial charge in [-0.2, -0.15) is 0 Å². The van der Waals surface area contributed by atoms with Crippen LogP contribution in [0.5, 0.6) is 0 Å². The van der Waals surface area contributed by atoms with Crippen molar-refractivity contribution in [1.29, 1.82) is 0 Å². The Morgan fingerprint density at radius 1 is 1.46 bits per heavy atom. The summed E-state index contributed by atoms with van der Waals surface area (Å²) in [5, 5.41) is 5.32. The molecule has 1 fully saturated rings. The number of urea groups is 1. The molecule has 3 amide bonds. The first-order valence-electron chi connectivity index (χ1n) is 4.44. The lowest BCUT2D eigenvalue weighted by atomic mass is 10.1. The molecular weight excluding hydrogens is 170 g/mol. The average Bonchev–Trinajstić information content (AvgIpc) is 2.19. The number of rotatable bonds is 2. The quantitative estimate of drug-likeness (QED) is 0.572. The molecule has 0 saturated carbocycles. The van der Waals surface area contributed by atoms with Crippen LogP contribution in [0.4, 0.5) is 4.79 Å². The monoisotopic (exact) mass is 185 g/mol. The fourth-order valence-corrected chi connectivity index (χ4v) is 1.41. The van der Waals surface area contributed by atoms with E-state index in [2.05, 4.69) is 10.6 Å². The van der Waals surface area contributed by atoms with E-state index < -0.39 is 0 Å². The second kappa shape index (κ2) is 4.69. The van der Waals surface area contributed by atoms with E-state index in [9.17, 15) is 9.59 Å². The summed E-state index contributed by atoms with van der Waals surface area (Å²) in [6.45, 7) is 1.47. The molecule has 0 aromatic rings. The van der Waals surface area contributed by atoms with Crippen molar-refractivity contribution in [2.24, 2.45) is 0 Å². The molecule has 0 bridgehead atoms. The molecule has 0 atom stereocenters. The van der Waals surface area contributed by atoms with Gasteiger partial charge in [-0.1, -0.05) is 0 Å². The summed E-state index contributed by atoms with van der Waals surface area (Å²) >= 11 is 0. The molecule has 0 aromatic heterocycles. The highest BCUT2D eigenvalue weighted by Gasteiger charge is 2.18. The van der Waals surface area contributed by atoms with Crippen molar-refractivity contribution in [3.8, 4) is 0 Å². The van der Waals surface area contributed by atoms with E-state index in [0.717, 1.165) is 32.3 Å². The van der Waals surface area contributed by atoms with Gasteiger partial charge in [-0.3, -0.25) is 4.79 Å². The molecule has 0 radical (unpaired) electrons. The van der Waals surface area contributed by atoms with E-state index in [1.165, 1.54) is 0 Å². The number of piperidine rings is 1. The fraction of sp³-hybridized carbons (Fsp3) is 0.750. The molecule has 0 aliphatic carbocycles. The zero-order chi connectivity index (χ0) is 9.68. The van der Waals surface area contributed by atoms with Crippen LogP contribution in [-0.2, 0) is 4.79 Å². The summed E-state index contributed by atoms with van der Waals surface area (Å²) in [6, 6.07) is 0.0562. The van der Waals surface area contributed by atoms with Crippen molar-refractivity contribution in [2.75, 3.05) is 20.1 Å². The van der Waals surface area contributed by atoms with E-state index in [-0.39, 0.29) is 12.1 Å². The van der Waals surface area contributed by atoms with Gasteiger partial charge in [-0.15, -0.1) is 0 Å². The van der Waals surface area contributed by atoms with Crippen molar-refractivity contribution in [1.82, 2.24) is 15.5 Å². The Morgan fingerprint density at radius 2 is 2.08 bits per heavy atom. The number of likely N-dealkylation sites (tertiary alicyclic amines) is 1. The first-order chi connectivity index (χ1) is 6.26. The van der Waals surface area contributed by atoms with Crippen molar-refractivity contribution >= 4 is 12.4 Å². The highest BCUT2D eigenvalue weighted by atomic mass is 16.2. The van der Waals surface area contributed by atoms with Crippen LogP contribution in [0.15, 0.2) is 0 Å². The van der Waals surface area contributed by atoms with Gasteiger partial charge < -0.3 is 15.5 Å². The Kier molecular flexibility index (Phi) is 3.54. The molecule has 0 aromatic carbocycles. The Hall–Kier alpha value is -1.26. The molecule has 0 unspecified atom stereocenters. The number of carbonyl (C=O) groups excluding carboxylic acids is 2. The van der Waals surface area contributed by atoms with E-state index in [1.54, 1.807) is 11.9 Å². The normalized spacial score (nSPS) is 18.1. The molecule has 1 aliphatic rings. The van der Waals surface area contributed by atoms with Crippen LogP contribution in [0.25, 0.3) is 0 Å². The minimum absolute atomic E-state index is 0.149. The molecule has 1 heterocycles. The predicted octanol–water partition coefficient (Wildman–Crippen LogP) is -0.464. The molecule has 1 aliphatic heterocycles. The zero-order valence-corrected chi connectivity index (χ0v) is 7.75. The minimum atomic E-state index is -0.149. The van der Waals surface area contributed by atoms with Crippen LogP contribution in [0, 0.1) is 0 Å². The van der Waals surface area contributed by atoms with Gasteiger partial charge >= 0.3 is 6.03 Å². The molecule has 13 heavy (non-hydrogen) atoms. The summed E-state index contributed by atoms with van der Waals surface area (Å²) in [6.07, 6.45) is 2.54. The number of amides is 3. The van der Waals surface area contributed by atoms with Gasteiger partial charge in [-0.25, -0.2) is 4.79 Å². The Bertz CT molecular complexity index is 188. The van der Waals surface area contributed by atoms with Gasteiger partial charge in [0, 0.05) is 26.2 Å². The molecule has 5 nitrogen and oxygen atoms in total. The third-order valence-electron chi connectivity index (χ3n) is 2.24. The molecule has 1 rings (SSSR count). The minimum Gasteiger partial charge on any atom is -0.345 e. The predicted molar refractivity (Wildman–Crippen MR) is 48.3 cm³/mol. The highest BCUT2D eigenvalue weighted by Crippen LogP contribution is 2.07. The Morgan fingerprint density at radius 3 is 2.54 bits per heavy atom. The smallest absolute Gasteiger partial charge is 0.314 e. The third-order valence-corrected chi connectivity index (χ3v) is 2.24. The van der Waals surface area contributed by atoms with E-state index in [4.69, 9.17) is 0 Å². The second-order valence-corrected chi connectivity index (χ2v) is 3.14. The highest BCUT2D eigenvalue weighted by molar-refractivity contribution is 5.73. The van der Waals surface area contributed by atoms with Gasteiger partial charge in [0.2, 0.25) is 6.41 Å². The summed E-state index contributed by atoms with van der Waals surface area (Å²) in [4.78, 5) is 23.0. The van der Waals surface area contributed by atoms with Gasteiger partial charge in [0.15, 0.2) is 0 Å². The van der Waals surface area contributed by atoms with Gasteiger partial charge in [0.05, 0.1) is 0 Å². The van der Waals surface area contributed by atoms with Crippen molar-refractivity contribution in [3.05, 3.63) is 0 Å². The molecule has 2 N–H and O–H groups in total. The largest absolute Gasteiger partial charge is 0.345 e. The van der Waals surface area contributed by atoms with Crippen LogP contribution in [-0.4, -0.2) is 43.5 Å². The maximum Gasteiger partial charge on any atom is 0.314 e. The van der Waals surface area contributed by atoms with Crippen LogP contribution in [0.3, 0.4) is 0 Å². The van der Waals surface area contributed by atoms with Crippen LogP contribution in [0.2, 0.25) is 0 Å². The van der Waals surface area contributed by atoms with Crippen molar-refractivity contribution in [3.63, 3.8) is 0 Å². The summed E-state index contributed by atoms with van der Waals surface area (Å²) in [5.74, 6) is 0. The van der Waals surface area contributed by atoms with Crippen LogP contribution >= 0.6 is 0 Å². The topological polar surface area (TPSA) is 61.4 Å². The molecule has 5 heteroatoms. The lowest BCUT2D eigenvalue weighted by Gasteiger charge is -2.29. The number of nitrogens with one attached hydrogen (secondary N) is 2. The van der Waals surface area contributed by atoms with Gasteiger partial charge in [0.1, 0.15) is 0 Å². The average molecular weight is 185 g/mol. The summed E-state index contributed by atoms with van der Waals surface area (Å²) in [5.41, 5.74) is 0. The van der Waals surface area contributed by atoms with Crippen LogP contribution in [0.1, 0.15) is 12.8 Å². The Labute approximate surface area is 77.5 Å². The van der Waals surface area contributed by atoms with E-state index in [0.29, 0.717) is 0 Å². The lowest BCUT2D eigenvalue weighted by molar-refractivity contribution is -0.119. The third kappa shape index (κ3) is 2.93. The number of hydrogen-bond donors (Lipinski definition) is 2. The maximum atomic E-state index is 10.9. The summed E-state index contributed by atoms with van der Waals surface area (Å²) < 4.78 is 0. The number of nitrogens with zero attached hydrogens (tertiary/aromatic N) is 1.